The number of rotatable bonds is 5. The van der Waals surface area contributed by atoms with Gasteiger partial charge in [0.1, 0.15) is 11.5 Å². The van der Waals surface area contributed by atoms with Crippen LogP contribution in [-0.4, -0.2) is 31.5 Å². The molecule has 0 saturated carbocycles. The number of aromatic hydroxyl groups is 1. The van der Waals surface area contributed by atoms with Crippen LogP contribution in [-0.2, 0) is 4.74 Å². The predicted molar refractivity (Wildman–Crippen MR) is 74.7 cm³/mol. The van der Waals surface area contributed by atoms with E-state index >= 15 is 0 Å². The molecule has 4 nitrogen and oxygen atoms in total. The third kappa shape index (κ3) is 3.85. The van der Waals surface area contributed by atoms with Crippen molar-refractivity contribution in [2.75, 3.05) is 20.3 Å². The lowest BCUT2D eigenvalue weighted by Gasteiger charge is -2.25. The summed E-state index contributed by atoms with van der Waals surface area (Å²) in [6, 6.07) is 5.50. The third-order valence-corrected chi connectivity index (χ3v) is 3.63. The minimum absolute atomic E-state index is 0.0939. The monoisotopic (exact) mass is 265 g/mol. The molecule has 106 valence electrons. The average molecular weight is 265 g/mol. The Balaban J connectivity index is 1.89. The van der Waals surface area contributed by atoms with E-state index in [2.05, 4.69) is 5.32 Å². The highest BCUT2D eigenvalue weighted by Crippen LogP contribution is 2.28. The third-order valence-electron chi connectivity index (χ3n) is 3.63. The average Bonchev–Trinajstić information content (AvgIpc) is 2.45. The number of hydrogen-bond acceptors (Lipinski definition) is 4. The molecule has 0 amide bonds. The van der Waals surface area contributed by atoms with Gasteiger partial charge in [0.15, 0.2) is 0 Å². The van der Waals surface area contributed by atoms with Crippen molar-refractivity contribution in [2.24, 2.45) is 0 Å². The summed E-state index contributed by atoms with van der Waals surface area (Å²) in [6.45, 7) is 3.74. The number of methoxy groups -OCH3 is 1. The molecule has 2 rings (SSSR count). The van der Waals surface area contributed by atoms with Gasteiger partial charge in [0.25, 0.3) is 0 Å². The van der Waals surface area contributed by atoms with E-state index in [1.807, 2.05) is 19.1 Å². The second-order valence-corrected chi connectivity index (χ2v) is 5.04. The van der Waals surface area contributed by atoms with E-state index in [0.29, 0.717) is 11.9 Å². The van der Waals surface area contributed by atoms with E-state index in [1.54, 1.807) is 13.2 Å². The molecule has 0 aliphatic carbocycles. The lowest BCUT2D eigenvalue weighted by molar-refractivity contribution is 0.0156. The summed E-state index contributed by atoms with van der Waals surface area (Å²) in [5.41, 5.74) is 0.886. The molecule has 1 aromatic rings. The normalized spacial score (nSPS) is 21.1. The van der Waals surface area contributed by atoms with Crippen molar-refractivity contribution in [3.63, 3.8) is 0 Å². The van der Waals surface area contributed by atoms with E-state index in [1.165, 1.54) is 12.8 Å². The Hall–Kier alpha value is -1.26. The van der Waals surface area contributed by atoms with E-state index in [9.17, 15) is 5.11 Å². The topological polar surface area (TPSA) is 50.7 Å². The van der Waals surface area contributed by atoms with E-state index in [-0.39, 0.29) is 11.8 Å². The maximum absolute atomic E-state index is 9.98. The van der Waals surface area contributed by atoms with Gasteiger partial charge in [-0.1, -0.05) is 6.07 Å². The maximum atomic E-state index is 9.98. The molecule has 2 atom stereocenters. The van der Waals surface area contributed by atoms with Crippen molar-refractivity contribution in [1.29, 1.82) is 0 Å². The first kappa shape index (κ1) is 14.2. The van der Waals surface area contributed by atoms with Gasteiger partial charge in [-0.15, -0.1) is 0 Å². The molecule has 0 radical (unpaired) electrons. The second kappa shape index (κ2) is 6.78. The Morgan fingerprint density at radius 2 is 2.32 bits per heavy atom. The number of benzene rings is 1. The first-order valence-corrected chi connectivity index (χ1v) is 6.92. The second-order valence-electron chi connectivity index (χ2n) is 5.04. The molecular formula is C15H23NO3. The smallest absolute Gasteiger partial charge is 0.124 e. The highest BCUT2D eigenvalue weighted by Gasteiger charge is 2.16. The molecular weight excluding hydrogens is 242 g/mol. The van der Waals surface area contributed by atoms with Crippen LogP contribution in [0.2, 0.25) is 0 Å². The maximum Gasteiger partial charge on any atom is 0.124 e. The molecule has 1 aliphatic rings. The first-order chi connectivity index (χ1) is 9.20. The summed E-state index contributed by atoms with van der Waals surface area (Å²) < 4.78 is 10.8. The van der Waals surface area contributed by atoms with Gasteiger partial charge in [-0.25, -0.2) is 0 Å². The Labute approximate surface area is 114 Å². The van der Waals surface area contributed by atoms with E-state index < -0.39 is 0 Å². The largest absolute Gasteiger partial charge is 0.507 e. The van der Waals surface area contributed by atoms with Gasteiger partial charge in [0.05, 0.1) is 13.2 Å². The van der Waals surface area contributed by atoms with Crippen LogP contribution in [0.3, 0.4) is 0 Å². The van der Waals surface area contributed by atoms with Crippen LogP contribution < -0.4 is 10.1 Å². The summed E-state index contributed by atoms with van der Waals surface area (Å²) >= 11 is 0. The number of hydrogen-bond donors (Lipinski definition) is 2. The van der Waals surface area contributed by atoms with E-state index in [0.717, 1.165) is 25.1 Å². The molecule has 2 unspecified atom stereocenters. The van der Waals surface area contributed by atoms with Crippen LogP contribution in [0.4, 0.5) is 0 Å². The minimum Gasteiger partial charge on any atom is -0.507 e. The molecule has 19 heavy (non-hydrogen) atoms. The van der Waals surface area contributed by atoms with Crippen LogP contribution in [0, 0.1) is 0 Å². The quantitative estimate of drug-likeness (QED) is 0.859. The molecule has 1 aromatic carbocycles. The Morgan fingerprint density at radius 3 is 2.95 bits per heavy atom. The van der Waals surface area contributed by atoms with Crippen LogP contribution in [0.25, 0.3) is 0 Å². The summed E-state index contributed by atoms with van der Waals surface area (Å²) in [5, 5.41) is 13.4. The van der Waals surface area contributed by atoms with Crippen molar-refractivity contribution in [3.8, 4) is 11.5 Å². The van der Waals surface area contributed by atoms with Gasteiger partial charge in [-0.3, -0.25) is 0 Å². The Kier molecular flexibility index (Phi) is 5.05. The summed E-state index contributed by atoms with van der Waals surface area (Å²) in [5.74, 6) is 0.938. The van der Waals surface area contributed by atoms with Gasteiger partial charge in [-0.2, -0.15) is 0 Å². The van der Waals surface area contributed by atoms with Gasteiger partial charge in [0, 0.05) is 30.8 Å². The van der Waals surface area contributed by atoms with Crippen LogP contribution >= 0.6 is 0 Å². The lowest BCUT2D eigenvalue weighted by atomic mass is 10.1. The molecule has 0 aromatic heterocycles. The zero-order valence-corrected chi connectivity index (χ0v) is 11.7. The van der Waals surface area contributed by atoms with Crippen LogP contribution in [0.1, 0.15) is 37.8 Å². The minimum atomic E-state index is 0.0939. The van der Waals surface area contributed by atoms with Crippen molar-refractivity contribution in [3.05, 3.63) is 23.8 Å². The van der Waals surface area contributed by atoms with Crippen molar-refractivity contribution >= 4 is 0 Å². The Morgan fingerprint density at radius 1 is 1.47 bits per heavy atom. The fraction of sp³-hybridized carbons (Fsp3) is 0.600. The van der Waals surface area contributed by atoms with Crippen molar-refractivity contribution < 1.29 is 14.6 Å². The molecule has 0 spiro atoms. The zero-order valence-electron chi connectivity index (χ0n) is 11.7. The summed E-state index contributed by atoms with van der Waals surface area (Å²) in [4.78, 5) is 0. The highest BCUT2D eigenvalue weighted by atomic mass is 16.5. The molecule has 1 aliphatic heterocycles. The van der Waals surface area contributed by atoms with Crippen molar-refractivity contribution in [2.45, 2.75) is 38.3 Å². The number of ether oxygens (including phenoxy) is 2. The molecule has 1 heterocycles. The Bertz CT molecular complexity index is 402. The van der Waals surface area contributed by atoms with Gasteiger partial charge in [-0.05, 0) is 32.3 Å². The van der Waals surface area contributed by atoms with Gasteiger partial charge in [0.2, 0.25) is 0 Å². The summed E-state index contributed by atoms with van der Waals surface area (Å²) in [7, 11) is 1.59. The predicted octanol–water partition coefficient (Wildman–Crippen LogP) is 2.62. The van der Waals surface area contributed by atoms with Gasteiger partial charge >= 0.3 is 0 Å². The molecule has 1 saturated heterocycles. The fourth-order valence-corrected chi connectivity index (χ4v) is 2.40. The molecule has 1 fully saturated rings. The zero-order chi connectivity index (χ0) is 13.7. The van der Waals surface area contributed by atoms with Crippen LogP contribution in [0.5, 0.6) is 11.5 Å². The molecule has 0 bridgehead atoms. The highest BCUT2D eigenvalue weighted by molar-refractivity contribution is 5.41. The molecule has 4 heteroatoms. The lowest BCUT2D eigenvalue weighted by Crippen LogP contribution is -2.33. The number of phenols is 1. The summed E-state index contributed by atoms with van der Waals surface area (Å²) in [6.07, 6.45) is 3.84. The van der Waals surface area contributed by atoms with Gasteiger partial charge < -0.3 is 19.9 Å². The number of phenolic OH excluding ortho intramolecular Hbond substituents is 1. The first-order valence-electron chi connectivity index (χ1n) is 6.92. The van der Waals surface area contributed by atoms with Crippen molar-refractivity contribution in [1.82, 2.24) is 5.32 Å². The SMILES string of the molecule is COc1ccc(C(C)NCC2CCCCO2)c(O)c1. The standard InChI is InChI=1S/C15H23NO3/c1-11(16-10-13-5-3-4-8-19-13)14-7-6-12(18-2)9-15(14)17/h6-7,9,11,13,16-17H,3-5,8,10H2,1-2H3. The fourth-order valence-electron chi connectivity index (χ4n) is 2.40. The number of nitrogens with one attached hydrogen (secondary N) is 1. The van der Waals surface area contributed by atoms with Crippen LogP contribution in [0.15, 0.2) is 18.2 Å². The molecule has 2 N–H and O–H groups in total. The van der Waals surface area contributed by atoms with E-state index in [4.69, 9.17) is 9.47 Å².